The molecule has 0 aromatic rings. The normalized spacial score (nSPS) is 32.1. The summed E-state index contributed by atoms with van der Waals surface area (Å²) in [6.07, 6.45) is 1.66. The third kappa shape index (κ3) is 1.96. The van der Waals surface area contributed by atoms with E-state index in [1.54, 1.807) is 0 Å². The molecule has 1 aliphatic heterocycles. The first-order valence-electron chi connectivity index (χ1n) is 4.07. The van der Waals surface area contributed by atoms with Gasteiger partial charge in [-0.2, -0.15) is 0 Å². The zero-order valence-corrected chi connectivity index (χ0v) is 7.26. The molecule has 0 amide bonds. The third-order valence-electron chi connectivity index (χ3n) is 2.20. The first-order valence-corrected chi connectivity index (χ1v) is 4.07. The van der Waals surface area contributed by atoms with Crippen LogP contribution in [0.4, 0.5) is 0 Å². The first-order chi connectivity index (χ1) is 4.64. The molecule has 10 heavy (non-hydrogen) atoms. The molecule has 1 heterocycles. The molecule has 1 atom stereocenters. The molecule has 1 unspecified atom stereocenters. The largest absolute Gasteiger partial charge is 0.367 e. The lowest BCUT2D eigenvalue weighted by Crippen LogP contribution is -2.52. The van der Waals surface area contributed by atoms with E-state index in [0.29, 0.717) is 6.10 Å². The van der Waals surface area contributed by atoms with Crippen molar-refractivity contribution in [2.24, 2.45) is 0 Å². The van der Waals surface area contributed by atoms with Crippen molar-refractivity contribution in [1.82, 2.24) is 0 Å². The molecular weight excluding hydrogens is 126 g/mol. The first kappa shape index (κ1) is 8.02. The molecule has 1 rings (SSSR count). The molecule has 60 valence electrons. The Morgan fingerprint density at radius 2 is 2.20 bits per heavy atom. The van der Waals surface area contributed by atoms with Crippen molar-refractivity contribution in [2.75, 3.05) is 33.8 Å². The van der Waals surface area contributed by atoms with E-state index in [9.17, 15) is 0 Å². The van der Waals surface area contributed by atoms with Crippen molar-refractivity contribution in [2.45, 2.75) is 19.4 Å². The lowest BCUT2D eigenvalue weighted by molar-refractivity contribution is -0.901. The molecule has 2 nitrogen and oxygen atoms in total. The molecule has 0 aromatic carbocycles. The number of morpholine rings is 1. The molecule has 0 N–H and O–H groups in total. The fourth-order valence-corrected chi connectivity index (χ4v) is 1.41. The fraction of sp³-hybridized carbons (Fsp3) is 1.00. The van der Waals surface area contributed by atoms with Gasteiger partial charge in [0.25, 0.3) is 0 Å². The zero-order valence-electron chi connectivity index (χ0n) is 7.26. The van der Waals surface area contributed by atoms with Crippen molar-refractivity contribution in [1.29, 1.82) is 0 Å². The summed E-state index contributed by atoms with van der Waals surface area (Å²) in [5.74, 6) is 0. The van der Waals surface area contributed by atoms with Crippen molar-refractivity contribution >= 4 is 0 Å². The minimum absolute atomic E-state index is 0.503. The highest BCUT2D eigenvalue weighted by molar-refractivity contribution is 4.57. The second-order valence-corrected chi connectivity index (χ2v) is 3.74. The topological polar surface area (TPSA) is 9.23 Å². The molecule has 0 radical (unpaired) electrons. The van der Waals surface area contributed by atoms with Crippen molar-refractivity contribution in [3.8, 4) is 0 Å². The Balaban J connectivity index is 2.40. The van der Waals surface area contributed by atoms with E-state index in [2.05, 4.69) is 21.0 Å². The lowest BCUT2D eigenvalue weighted by atomic mass is 10.2. The van der Waals surface area contributed by atoms with Crippen LogP contribution in [0.2, 0.25) is 0 Å². The van der Waals surface area contributed by atoms with Gasteiger partial charge in [-0.3, -0.25) is 0 Å². The second kappa shape index (κ2) is 2.89. The van der Waals surface area contributed by atoms with Gasteiger partial charge < -0.3 is 9.22 Å². The Morgan fingerprint density at radius 1 is 1.50 bits per heavy atom. The van der Waals surface area contributed by atoms with Crippen LogP contribution in [-0.2, 0) is 4.74 Å². The van der Waals surface area contributed by atoms with Crippen molar-refractivity contribution < 1.29 is 9.22 Å². The summed E-state index contributed by atoms with van der Waals surface area (Å²) >= 11 is 0. The van der Waals surface area contributed by atoms with Crippen LogP contribution in [0.1, 0.15) is 13.3 Å². The summed E-state index contributed by atoms with van der Waals surface area (Å²) in [5, 5.41) is 0. The molecular formula is C8H18NO+. The average molecular weight is 144 g/mol. The number of rotatable bonds is 1. The maximum Gasteiger partial charge on any atom is 0.106 e. The van der Waals surface area contributed by atoms with E-state index in [0.717, 1.165) is 24.1 Å². The summed E-state index contributed by atoms with van der Waals surface area (Å²) in [4.78, 5) is 0. The van der Waals surface area contributed by atoms with Gasteiger partial charge in [0.2, 0.25) is 0 Å². The summed E-state index contributed by atoms with van der Waals surface area (Å²) in [6.45, 7) is 5.47. The Hall–Kier alpha value is -0.0800. The van der Waals surface area contributed by atoms with Crippen LogP contribution in [0.5, 0.6) is 0 Å². The number of quaternary nitrogens is 1. The molecule has 0 bridgehead atoms. The predicted octanol–water partition coefficient (Wildman–Crippen LogP) is 0.872. The summed E-state index contributed by atoms with van der Waals surface area (Å²) < 4.78 is 6.67. The van der Waals surface area contributed by atoms with Crippen molar-refractivity contribution in [3.63, 3.8) is 0 Å². The van der Waals surface area contributed by atoms with Gasteiger partial charge in [-0.05, 0) is 6.42 Å². The fourth-order valence-electron chi connectivity index (χ4n) is 1.41. The predicted molar refractivity (Wildman–Crippen MR) is 41.9 cm³/mol. The van der Waals surface area contributed by atoms with Crippen LogP contribution < -0.4 is 0 Å². The van der Waals surface area contributed by atoms with Crippen LogP contribution >= 0.6 is 0 Å². The van der Waals surface area contributed by atoms with Crippen LogP contribution in [0.15, 0.2) is 0 Å². The van der Waals surface area contributed by atoms with Gasteiger partial charge in [-0.25, -0.2) is 0 Å². The Bertz CT molecular complexity index is 112. The highest BCUT2D eigenvalue weighted by atomic mass is 16.5. The molecule has 0 aliphatic carbocycles. The van der Waals surface area contributed by atoms with E-state index >= 15 is 0 Å². The Kier molecular flexibility index (Phi) is 2.32. The van der Waals surface area contributed by atoms with E-state index in [1.807, 2.05) is 0 Å². The summed E-state index contributed by atoms with van der Waals surface area (Å²) in [6, 6.07) is 0. The highest BCUT2D eigenvalue weighted by Gasteiger charge is 2.26. The SMILES string of the molecule is CCC1C[N+](C)(C)CCO1. The third-order valence-corrected chi connectivity index (χ3v) is 2.20. The Labute approximate surface area is 63.4 Å². The van der Waals surface area contributed by atoms with E-state index in [4.69, 9.17) is 4.74 Å². The van der Waals surface area contributed by atoms with Gasteiger partial charge in [0.05, 0.1) is 20.7 Å². The van der Waals surface area contributed by atoms with Gasteiger partial charge in [-0.15, -0.1) is 0 Å². The van der Waals surface area contributed by atoms with Crippen LogP contribution in [0.3, 0.4) is 0 Å². The van der Waals surface area contributed by atoms with Gasteiger partial charge in [-0.1, -0.05) is 6.92 Å². The Morgan fingerprint density at radius 3 is 2.60 bits per heavy atom. The molecule has 0 aromatic heterocycles. The number of likely N-dealkylation sites (N-methyl/N-ethyl adjacent to an activating group) is 1. The van der Waals surface area contributed by atoms with E-state index in [-0.39, 0.29) is 0 Å². The van der Waals surface area contributed by atoms with Gasteiger partial charge >= 0.3 is 0 Å². The quantitative estimate of drug-likeness (QED) is 0.496. The van der Waals surface area contributed by atoms with E-state index < -0.39 is 0 Å². The highest BCUT2D eigenvalue weighted by Crippen LogP contribution is 2.11. The standard InChI is InChI=1S/C8H18NO/c1-4-8-7-9(2,3)5-6-10-8/h8H,4-7H2,1-3H3/q+1. The van der Waals surface area contributed by atoms with Gasteiger partial charge in [0, 0.05) is 0 Å². The molecule has 0 saturated carbocycles. The van der Waals surface area contributed by atoms with Crippen LogP contribution in [0, 0.1) is 0 Å². The number of ether oxygens (including phenoxy) is 1. The zero-order chi connectivity index (χ0) is 7.61. The van der Waals surface area contributed by atoms with Crippen LogP contribution in [0.25, 0.3) is 0 Å². The number of hydrogen-bond donors (Lipinski definition) is 0. The smallest absolute Gasteiger partial charge is 0.106 e. The summed E-state index contributed by atoms with van der Waals surface area (Å²) in [5.41, 5.74) is 0. The molecule has 2 heteroatoms. The van der Waals surface area contributed by atoms with Gasteiger partial charge in [0.15, 0.2) is 0 Å². The molecule has 1 aliphatic rings. The maximum atomic E-state index is 5.55. The monoisotopic (exact) mass is 144 g/mol. The second-order valence-electron chi connectivity index (χ2n) is 3.74. The molecule has 0 spiro atoms. The lowest BCUT2D eigenvalue weighted by Gasteiger charge is -2.37. The maximum absolute atomic E-state index is 5.55. The molecule has 1 fully saturated rings. The van der Waals surface area contributed by atoms with Gasteiger partial charge in [0.1, 0.15) is 19.2 Å². The van der Waals surface area contributed by atoms with Crippen molar-refractivity contribution in [3.05, 3.63) is 0 Å². The number of hydrogen-bond acceptors (Lipinski definition) is 1. The van der Waals surface area contributed by atoms with E-state index in [1.165, 1.54) is 6.54 Å². The summed E-state index contributed by atoms with van der Waals surface area (Å²) in [7, 11) is 4.54. The average Bonchev–Trinajstić information content (AvgIpc) is 1.86. The number of nitrogens with zero attached hydrogens (tertiary/aromatic N) is 1. The molecule has 1 saturated heterocycles. The minimum atomic E-state index is 0.503. The minimum Gasteiger partial charge on any atom is -0.367 e. The van der Waals surface area contributed by atoms with Crippen LogP contribution in [-0.4, -0.2) is 44.4 Å².